The van der Waals surface area contributed by atoms with Crippen LogP contribution in [0.4, 0.5) is 11.6 Å². The topological polar surface area (TPSA) is 85.1 Å². The summed E-state index contributed by atoms with van der Waals surface area (Å²) < 4.78 is 5.18. The van der Waals surface area contributed by atoms with Crippen LogP contribution in [-0.4, -0.2) is 29.7 Å². The van der Waals surface area contributed by atoms with Crippen LogP contribution in [0.5, 0.6) is 0 Å². The van der Waals surface area contributed by atoms with Gasteiger partial charge in [-0.1, -0.05) is 13.3 Å². The lowest BCUT2D eigenvalue weighted by atomic mass is 10.1. The Bertz CT molecular complexity index is 339. The zero-order valence-electron chi connectivity index (χ0n) is 10.7. The highest BCUT2D eigenvalue weighted by molar-refractivity contribution is 5.56. The van der Waals surface area contributed by atoms with Crippen LogP contribution >= 0.6 is 0 Å². The standard InChI is InChI=1S/C11H21N5O/c1-4-5-9(6-17-3)15-10-8(2)11(16-12)14-7-13-10/h7,9H,4-6,12H2,1-3H3,(H2,13,14,15,16). The highest BCUT2D eigenvalue weighted by atomic mass is 16.5. The van der Waals surface area contributed by atoms with Crippen molar-refractivity contribution in [2.24, 2.45) is 5.84 Å². The minimum Gasteiger partial charge on any atom is -0.383 e. The molecule has 0 fully saturated rings. The fourth-order valence-corrected chi connectivity index (χ4v) is 1.68. The summed E-state index contributed by atoms with van der Waals surface area (Å²) in [6.45, 7) is 4.72. The maximum Gasteiger partial charge on any atom is 0.148 e. The van der Waals surface area contributed by atoms with Crippen molar-refractivity contribution in [1.29, 1.82) is 0 Å². The van der Waals surface area contributed by atoms with E-state index in [9.17, 15) is 0 Å². The van der Waals surface area contributed by atoms with Crippen LogP contribution < -0.4 is 16.6 Å². The molecule has 17 heavy (non-hydrogen) atoms. The maximum absolute atomic E-state index is 5.37. The van der Waals surface area contributed by atoms with E-state index in [0.29, 0.717) is 12.4 Å². The Morgan fingerprint density at radius 3 is 2.71 bits per heavy atom. The normalized spacial score (nSPS) is 12.2. The number of methoxy groups -OCH3 is 1. The maximum atomic E-state index is 5.37. The van der Waals surface area contributed by atoms with Crippen molar-refractivity contribution < 1.29 is 4.74 Å². The van der Waals surface area contributed by atoms with Crippen molar-refractivity contribution in [2.45, 2.75) is 32.7 Å². The van der Waals surface area contributed by atoms with Crippen LogP contribution in [0.1, 0.15) is 25.3 Å². The fraction of sp³-hybridized carbons (Fsp3) is 0.636. The van der Waals surface area contributed by atoms with Gasteiger partial charge in [0.15, 0.2) is 0 Å². The first-order valence-electron chi connectivity index (χ1n) is 5.76. The number of ether oxygens (including phenoxy) is 1. The van der Waals surface area contributed by atoms with Crippen molar-refractivity contribution in [2.75, 3.05) is 24.5 Å². The lowest BCUT2D eigenvalue weighted by molar-refractivity contribution is 0.182. The number of hydrogen-bond acceptors (Lipinski definition) is 6. The van der Waals surface area contributed by atoms with Crippen LogP contribution in [-0.2, 0) is 4.74 Å². The quantitative estimate of drug-likeness (QED) is 0.491. The van der Waals surface area contributed by atoms with Crippen molar-refractivity contribution in [3.63, 3.8) is 0 Å². The van der Waals surface area contributed by atoms with Gasteiger partial charge in [-0.15, -0.1) is 0 Å². The molecule has 1 aromatic heterocycles. The van der Waals surface area contributed by atoms with E-state index in [1.165, 1.54) is 6.33 Å². The summed E-state index contributed by atoms with van der Waals surface area (Å²) in [6, 6.07) is 0.254. The van der Waals surface area contributed by atoms with E-state index in [-0.39, 0.29) is 6.04 Å². The van der Waals surface area contributed by atoms with Crippen molar-refractivity contribution in [3.8, 4) is 0 Å². The molecule has 0 spiro atoms. The van der Waals surface area contributed by atoms with E-state index >= 15 is 0 Å². The van der Waals surface area contributed by atoms with Gasteiger partial charge in [0.25, 0.3) is 0 Å². The number of nitrogens with one attached hydrogen (secondary N) is 2. The van der Waals surface area contributed by atoms with Gasteiger partial charge in [-0.25, -0.2) is 15.8 Å². The molecule has 1 aromatic rings. The average molecular weight is 239 g/mol. The first kappa shape index (κ1) is 13.7. The Balaban J connectivity index is 2.77. The summed E-state index contributed by atoms with van der Waals surface area (Å²) in [5.74, 6) is 6.80. The summed E-state index contributed by atoms with van der Waals surface area (Å²) in [5, 5.41) is 3.35. The number of rotatable bonds is 7. The fourth-order valence-electron chi connectivity index (χ4n) is 1.68. The van der Waals surface area contributed by atoms with Crippen LogP contribution in [0.3, 0.4) is 0 Å². The summed E-state index contributed by atoms with van der Waals surface area (Å²) in [6.07, 6.45) is 3.61. The van der Waals surface area contributed by atoms with Gasteiger partial charge in [0.1, 0.15) is 18.0 Å². The van der Waals surface area contributed by atoms with Crippen molar-refractivity contribution in [1.82, 2.24) is 9.97 Å². The summed E-state index contributed by atoms with van der Waals surface area (Å²) in [5.41, 5.74) is 3.46. The van der Waals surface area contributed by atoms with Gasteiger partial charge >= 0.3 is 0 Å². The number of nitrogens with two attached hydrogens (primary N) is 1. The van der Waals surface area contributed by atoms with Gasteiger partial charge in [-0.3, -0.25) is 0 Å². The van der Waals surface area contributed by atoms with E-state index in [1.807, 2.05) is 6.92 Å². The molecule has 0 aliphatic carbocycles. The number of nitrogens with zero attached hydrogens (tertiary/aromatic N) is 2. The third-order valence-electron chi connectivity index (χ3n) is 2.57. The first-order valence-corrected chi connectivity index (χ1v) is 5.76. The van der Waals surface area contributed by atoms with Crippen LogP contribution in [0, 0.1) is 6.92 Å². The molecule has 0 aliphatic rings. The average Bonchev–Trinajstić information content (AvgIpc) is 2.32. The van der Waals surface area contributed by atoms with E-state index in [0.717, 1.165) is 24.2 Å². The second kappa shape index (κ2) is 7.03. The smallest absolute Gasteiger partial charge is 0.148 e. The van der Waals surface area contributed by atoms with Crippen LogP contribution in [0.2, 0.25) is 0 Å². The minimum atomic E-state index is 0.254. The molecule has 0 aliphatic heterocycles. The molecular formula is C11H21N5O. The molecule has 1 heterocycles. The first-order chi connectivity index (χ1) is 8.22. The molecule has 0 amide bonds. The Hall–Kier alpha value is -1.40. The summed E-state index contributed by atoms with van der Waals surface area (Å²) in [7, 11) is 1.70. The molecular weight excluding hydrogens is 218 g/mol. The molecule has 6 nitrogen and oxygen atoms in total. The largest absolute Gasteiger partial charge is 0.383 e. The number of nitrogen functional groups attached to an aromatic ring is 1. The Morgan fingerprint density at radius 2 is 2.12 bits per heavy atom. The van der Waals surface area contributed by atoms with E-state index < -0.39 is 0 Å². The molecule has 1 unspecified atom stereocenters. The molecule has 0 saturated heterocycles. The number of hydrogen-bond donors (Lipinski definition) is 3. The Kier molecular flexibility index (Phi) is 5.65. The molecule has 1 rings (SSSR count). The number of aromatic nitrogens is 2. The van der Waals surface area contributed by atoms with Crippen molar-refractivity contribution >= 4 is 11.6 Å². The molecule has 4 N–H and O–H groups in total. The van der Waals surface area contributed by atoms with E-state index in [2.05, 4.69) is 27.6 Å². The van der Waals surface area contributed by atoms with E-state index in [1.54, 1.807) is 7.11 Å². The predicted octanol–water partition coefficient (Wildman–Crippen LogP) is 1.30. The second-order valence-electron chi connectivity index (χ2n) is 3.93. The molecule has 0 bridgehead atoms. The summed E-state index contributed by atoms with van der Waals surface area (Å²) in [4.78, 5) is 8.26. The molecule has 1 atom stereocenters. The predicted molar refractivity (Wildman–Crippen MR) is 68.8 cm³/mol. The Labute approximate surface area is 102 Å². The lowest BCUT2D eigenvalue weighted by Gasteiger charge is -2.19. The van der Waals surface area contributed by atoms with Gasteiger partial charge in [0.05, 0.1) is 12.6 Å². The third kappa shape index (κ3) is 3.83. The minimum absolute atomic E-state index is 0.254. The summed E-state index contributed by atoms with van der Waals surface area (Å²) >= 11 is 0. The monoisotopic (exact) mass is 239 g/mol. The molecule has 0 radical (unpaired) electrons. The zero-order valence-corrected chi connectivity index (χ0v) is 10.7. The highest BCUT2D eigenvalue weighted by Crippen LogP contribution is 2.18. The number of hydrazine groups is 1. The van der Waals surface area contributed by atoms with Crippen LogP contribution in [0.15, 0.2) is 6.33 Å². The van der Waals surface area contributed by atoms with Gasteiger partial charge in [-0.2, -0.15) is 0 Å². The molecule has 96 valence electrons. The molecule has 0 saturated carbocycles. The van der Waals surface area contributed by atoms with Gasteiger partial charge in [0.2, 0.25) is 0 Å². The Morgan fingerprint density at radius 1 is 1.41 bits per heavy atom. The molecule has 0 aromatic carbocycles. The van der Waals surface area contributed by atoms with Gasteiger partial charge < -0.3 is 15.5 Å². The number of anilines is 2. The highest BCUT2D eigenvalue weighted by Gasteiger charge is 2.11. The van der Waals surface area contributed by atoms with Gasteiger partial charge in [0, 0.05) is 12.7 Å². The van der Waals surface area contributed by atoms with E-state index in [4.69, 9.17) is 10.6 Å². The second-order valence-corrected chi connectivity index (χ2v) is 3.93. The third-order valence-corrected chi connectivity index (χ3v) is 2.57. The van der Waals surface area contributed by atoms with Gasteiger partial charge in [-0.05, 0) is 13.3 Å². The SMILES string of the molecule is CCCC(COC)Nc1ncnc(NN)c1C. The lowest BCUT2D eigenvalue weighted by Crippen LogP contribution is -2.26. The van der Waals surface area contributed by atoms with Crippen molar-refractivity contribution in [3.05, 3.63) is 11.9 Å². The van der Waals surface area contributed by atoms with Crippen LogP contribution in [0.25, 0.3) is 0 Å². The zero-order chi connectivity index (χ0) is 12.7. The molecule has 6 heteroatoms.